The van der Waals surface area contributed by atoms with E-state index in [4.69, 9.17) is 5.73 Å². The summed E-state index contributed by atoms with van der Waals surface area (Å²) in [6.45, 7) is 4.66. The number of nitrogens with one attached hydrogen (secondary N) is 1. The second-order valence-electron chi connectivity index (χ2n) is 6.89. The maximum absolute atomic E-state index is 12.3. The maximum Gasteiger partial charge on any atom is 0.255 e. The van der Waals surface area contributed by atoms with Crippen molar-refractivity contribution < 1.29 is 4.79 Å². The van der Waals surface area contributed by atoms with Gasteiger partial charge in [-0.1, -0.05) is 6.07 Å². The molecule has 2 aromatic rings. The summed E-state index contributed by atoms with van der Waals surface area (Å²) in [4.78, 5) is 17.4. The summed E-state index contributed by atoms with van der Waals surface area (Å²) in [6, 6.07) is 15.9. The van der Waals surface area contributed by atoms with Crippen molar-refractivity contribution >= 4 is 35.4 Å². The second-order valence-corrected chi connectivity index (χ2v) is 6.89. The minimum absolute atomic E-state index is 0. The van der Waals surface area contributed by atoms with E-state index in [2.05, 4.69) is 27.2 Å². The molecule has 5 rings (SSSR count). The SMILES string of the molecule is Cl.Nc1cccc(C(=O)Nc2ccc(N3CCN4CCC3CC4)cc2)c1. The third kappa shape index (κ3) is 3.94. The average Bonchev–Trinajstić information content (AvgIpc) is 2.96. The predicted octanol–water partition coefficient (Wildman–Crippen LogP) is 3.23. The first-order valence-electron chi connectivity index (χ1n) is 8.95. The number of nitrogens with zero attached hydrogens (tertiary/aromatic N) is 2. The Morgan fingerprint density at radius 1 is 1.00 bits per heavy atom. The van der Waals surface area contributed by atoms with Gasteiger partial charge in [0.1, 0.15) is 0 Å². The summed E-state index contributed by atoms with van der Waals surface area (Å²) < 4.78 is 0. The van der Waals surface area contributed by atoms with Gasteiger partial charge in [0.2, 0.25) is 0 Å². The van der Waals surface area contributed by atoms with Crippen LogP contribution in [0.1, 0.15) is 23.2 Å². The largest absolute Gasteiger partial charge is 0.399 e. The first-order chi connectivity index (χ1) is 12.2. The second kappa shape index (κ2) is 7.98. The Kier molecular flexibility index (Phi) is 5.69. The van der Waals surface area contributed by atoms with Crippen LogP contribution in [0.25, 0.3) is 0 Å². The Hall–Kier alpha value is -2.24. The molecule has 0 radical (unpaired) electrons. The fourth-order valence-electron chi connectivity index (χ4n) is 3.85. The smallest absolute Gasteiger partial charge is 0.255 e. The quantitative estimate of drug-likeness (QED) is 0.812. The maximum atomic E-state index is 12.3. The molecule has 138 valence electrons. The molecule has 1 amide bonds. The standard InChI is InChI=1S/C20H24N4O.ClH/c21-16-3-1-2-15(14-16)20(25)22-17-4-6-18(7-5-17)24-13-12-23-10-8-19(24)9-11-23;/h1-7,14,19H,8-13,21H2,(H,22,25);1H. The highest BCUT2D eigenvalue weighted by molar-refractivity contribution is 6.04. The zero-order chi connectivity index (χ0) is 17.2. The van der Waals surface area contributed by atoms with Gasteiger partial charge in [-0.15, -0.1) is 12.4 Å². The average molecular weight is 373 g/mol. The van der Waals surface area contributed by atoms with Crippen LogP contribution in [0.4, 0.5) is 17.1 Å². The highest BCUT2D eigenvalue weighted by Crippen LogP contribution is 2.27. The van der Waals surface area contributed by atoms with Gasteiger partial charge in [0, 0.05) is 54.8 Å². The number of rotatable bonds is 3. The van der Waals surface area contributed by atoms with Gasteiger partial charge < -0.3 is 20.9 Å². The van der Waals surface area contributed by atoms with Crippen LogP contribution >= 0.6 is 12.4 Å². The zero-order valence-electron chi connectivity index (χ0n) is 14.7. The number of amides is 1. The van der Waals surface area contributed by atoms with Crippen LogP contribution in [-0.4, -0.2) is 43.0 Å². The van der Waals surface area contributed by atoms with E-state index >= 15 is 0 Å². The Bertz CT molecular complexity index is 757. The van der Waals surface area contributed by atoms with Gasteiger partial charge in [-0.3, -0.25) is 4.79 Å². The molecule has 5 nitrogen and oxygen atoms in total. The molecular formula is C20H25ClN4O. The third-order valence-corrected chi connectivity index (χ3v) is 5.26. The van der Waals surface area contributed by atoms with Crippen molar-refractivity contribution in [2.75, 3.05) is 42.1 Å². The van der Waals surface area contributed by atoms with Crippen molar-refractivity contribution in [3.8, 4) is 0 Å². The van der Waals surface area contributed by atoms with Crippen LogP contribution in [0, 0.1) is 0 Å². The highest BCUT2D eigenvalue weighted by atomic mass is 35.5. The van der Waals surface area contributed by atoms with Crippen molar-refractivity contribution in [1.29, 1.82) is 0 Å². The molecule has 2 bridgehead atoms. The summed E-state index contributed by atoms with van der Waals surface area (Å²) in [5.74, 6) is -0.138. The molecule has 3 N–H and O–H groups in total. The minimum Gasteiger partial charge on any atom is -0.399 e. The lowest BCUT2D eigenvalue weighted by Crippen LogP contribution is -2.37. The van der Waals surface area contributed by atoms with Gasteiger partial charge in [0.05, 0.1) is 0 Å². The van der Waals surface area contributed by atoms with Crippen LogP contribution < -0.4 is 16.0 Å². The molecular weight excluding hydrogens is 348 g/mol. The van der Waals surface area contributed by atoms with Crippen molar-refractivity contribution in [2.24, 2.45) is 0 Å². The van der Waals surface area contributed by atoms with E-state index in [1.807, 2.05) is 12.1 Å². The van der Waals surface area contributed by atoms with Gasteiger partial charge in [-0.05, 0) is 55.3 Å². The molecule has 0 spiro atoms. The number of nitrogen functional groups attached to an aromatic ring is 1. The molecule has 3 heterocycles. The Balaban J connectivity index is 0.00000196. The molecule has 26 heavy (non-hydrogen) atoms. The zero-order valence-corrected chi connectivity index (χ0v) is 15.5. The number of fused-ring (bicyclic) bond motifs is 4. The fourth-order valence-corrected chi connectivity index (χ4v) is 3.85. The number of hydrogen-bond donors (Lipinski definition) is 2. The van der Waals surface area contributed by atoms with Crippen molar-refractivity contribution in [1.82, 2.24) is 4.90 Å². The Morgan fingerprint density at radius 3 is 2.42 bits per heavy atom. The molecule has 0 unspecified atom stereocenters. The fraction of sp³-hybridized carbons (Fsp3) is 0.350. The molecule has 6 heteroatoms. The summed E-state index contributed by atoms with van der Waals surface area (Å²) in [5.41, 5.74) is 8.96. The number of anilines is 3. The first kappa shape index (κ1) is 18.5. The van der Waals surface area contributed by atoms with Crippen LogP contribution in [0.5, 0.6) is 0 Å². The van der Waals surface area contributed by atoms with E-state index in [0.717, 1.165) is 18.8 Å². The summed E-state index contributed by atoms with van der Waals surface area (Å²) in [5, 5.41) is 2.94. The number of halogens is 1. The monoisotopic (exact) mass is 372 g/mol. The van der Waals surface area contributed by atoms with Crippen LogP contribution in [0.3, 0.4) is 0 Å². The lowest BCUT2D eigenvalue weighted by Gasteiger charge is -2.33. The topological polar surface area (TPSA) is 61.6 Å². The molecule has 3 saturated heterocycles. The molecule has 3 fully saturated rings. The molecule has 3 aliphatic heterocycles. The normalized spacial score (nSPS) is 21.6. The minimum atomic E-state index is -0.138. The van der Waals surface area contributed by atoms with E-state index < -0.39 is 0 Å². The molecule has 0 saturated carbocycles. The number of hydrogen-bond acceptors (Lipinski definition) is 4. The van der Waals surface area contributed by atoms with Crippen molar-refractivity contribution in [2.45, 2.75) is 18.9 Å². The van der Waals surface area contributed by atoms with E-state index in [9.17, 15) is 4.79 Å². The first-order valence-corrected chi connectivity index (χ1v) is 8.95. The summed E-state index contributed by atoms with van der Waals surface area (Å²) in [7, 11) is 0. The summed E-state index contributed by atoms with van der Waals surface area (Å²) in [6.07, 6.45) is 2.49. The molecule has 0 aromatic heterocycles. The number of nitrogens with two attached hydrogens (primary N) is 1. The number of piperidine rings is 1. The van der Waals surface area contributed by atoms with E-state index in [-0.39, 0.29) is 18.3 Å². The van der Waals surface area contributed by atoms with Crippen LogP contribution in [0.2, 0.25) is 0 Å². The van der Waals surface area contributed by atoms with Crippen molar-refractivity contribution in [3.63, 3.8) is 0 Å². The third-order valence-electron chi connectivity index (χ3n) is 5.26. The van der Waals surface area contributed by atoms with Crippen molar-refractivity contribution in [3.05, 3.63) is 54.1 Å². The number of carbonyl (C=O) groups is 1. The lowest BCUT2D eigenvalue weighted by atomic mass is 10.0. The van der Waals surface area contributed by atoms with Gasteiger partial charge in [-0.25, -0.2) is 0 Å². The predicted molar refractivity (Wildman–Crippen MR) is 109 cm³/mol. The van der Waals surface area contributed by atoms with Gasteiger partial charge >= 0.3 is 0 Å². The number of carbonyl (C=O) groups excluding carboxylic acids is 1. The summed E-state index contributed by atoms with van der Waals surface area (Å²) >= 11 is 0. The Labute approximate surface area is 160 Å². The van der Waals surface area contributed by atoms with E-state index in [1.165, 1.54) is 31.6 Å². The van der Waals surface area contributed by atoms with E-state index in [0.29, 0.717) is 17.3 Å². The van der Waals surface area contributed by atoms with Gasteiger partial charge in [0.15, 0.2) is 0 Å². The molecule has 2 aromatic carbocycles. The number of benzene rings is 2. The van der Waals surface area contributed by atoms with E-state index in [1.54, 1.807) is 24.3 Å². The molecule has 3 aliphatic rings. The molecule has 0 atom stereocenters. The highest BCUT2D eigenvalue weighted by Gasteiger charge is 2.28. The van der Waals surface area contributed by atoms with Crippen LogP contribution in [-0.2, 0) is 0 Å². The Morgan fingerprint density at radius 2 is 1.73 bits per heavy atom. The lowest BCUT2D eigenvalue weighted by molar-refractivity contribution is 0.102. The van der Waals surface area contributed by atoms with Gasteiger partial charge in [0.25, 0.3) is 5.91 Å². The van der Waals surface area contributed by atoms with Gasteiger partial charge in [-0.2, -0.15) is 0 Å². The van der Waals surface area contributed by atoms with Crippen LogP contribution in [0.15, 0.2) is 48.5 Å². The molecule has 0 aliphatic carbocycles.